The van der Waals surface area contributed by atoms with Crippen LogP contribution in [0.3, 0.4) is 0 Å². The summed E-state index contributed by atoms with van der Waals surface area (Å²) >= 11 is 0. The zero-order chi connectivity index (χ0) is 17.9. The minimum absolute atomic E-state index is 0.00136. The van der Waals surface area contributed by atoms with Gasteiger partial charge in [0.05, 0.1) is 25.2 Å². The number of methoxy groups -OCH3 is 1. The number of carbonyl (C=O) groups excluding carboxylic acids is 1. The monoisotopic (exact) mass is 360 g/mol. The largest absolute Gasteiger partial charge is 0.534 e. The highest BCUT2D eigenvalue weighted by Crippen LogP contribution is 2.31. The Morgan fingerprint density at radius 2 is 1.96 bits per heavy atom. The van der Waals surface area contributed by atoms with Gasteiger partial charge < -0.3 is 13.7 Å². The third-order valence-corrected chi connectivity index (χ3v) is 4.24. The third-order valence-electron chi connectivity index (χ3n) is 3.24. The lowest BCUT2D eigenvalue weighted by molar-refractivity contribution is -0.155. The van der Waals surface area contributed by atoms with Crippen molar-refractivity contribution >= 4 is 16.1 Å². The molecule has 0 spiro atoms. The summed E-state index contributed by atoms with van der Waals surface area (Å²) in [4.78, 5) is 11.5. The van der Waals surface area contributed by atoms with E-state index in [1.165, 1.54) is 13.2 Å². The van der Waals surface area contributed by atoms with Crippen LogP contribution in [-0.4, -0.2) is 39.7 Å². The van der Waals surface area contributed by atoms with E-state index < -0.39 is 27.0 Å². The number of carbonyl (C=O) groups is 1. The van der Waals surface area contributed by atoms with Crippen molar-refractivity contribution in [2.75, 3.05) is 13.7 Å². The summed E-state index contributed by atoms with van der Waals surface area (Å²) in [5.41, 5.74) is -6.30. The van der Waals surface area contributed by atoms with Crippen molar-refractivity contribution in [3.8, 4) is 0 Å². The Bertz CT molecular complexity index is 565. The van der Waals surface area contributed by atoms with Gasteiger partial charge in [-0.3, -0.25) is 4.79 Å². The van der Waals surface area contributed by atoms with Crippen molar-refractivity contribution in [2.24, 2.45) is 5.41 Å². The molecule has 1 aliphatic rings. The van der Waals surface area contributed by atoms with E-state index in [1.54, 1.807) is 13.8 Å². The molecule has 0 fully saturated rings. The summed E-state index contributed by atoms with van der Waals surface area (Å²) in [6.07, 6.45) is 1.40. The normalized spacial score (nSPS) is 19.9. The van der Waals surface area contributed by atoms with Crippen molar-refractivity contribution in [3.05, 3.63) is 11.8 Å². The van der Waals surface area contributed by atoms with Crippen molar-refractivity contribution in [2.45, 2.75) is 44.7 Å². The first-order valence-corrected chi connectivity index (χ1v) is 8.19. The molecule has 0 aliphatic heterocycles. The number of alkyl halides is 3. The van der Waals surface area contributed by atoms with Gasteiger partial charge in [0.1, 0.15) is 5.76 Å². The van der Waals surface area contributed by atoms with Gasteiger partial charge in [0.15, 0.2) is 0 Å². The Morgan fingerprint density at radius 1 is 1.35 bits per heavy atom. The highest BCUT2D eigenvalue weighted by molar-refractivity contribution is 7.87. The lowest BCUT2D eigenvalue weighted by Gasteiger charge is -2.27. The number of hydrogen-bond acceptors (Lipinski definition) is 6. The Balaban J connectivity index is 2.55. The zero-order valence-corrected chi connectivity index (χ0v) is 13.8. The number of rotatable bonds is 6. The van der Waals surface area contributed by atoms with Crippen LogP contribution in [0.25, 0.3) is 0 Å². The average Bonchev–Trinajstić information content (AvgIpc) is 2.44. The van der Waals surface area contributed by atoms with E-state index in [0.29, 0.717) is 0 Å². The van der Waals surface area contributed by atoms with Crippen LogP contribution in [0.5, 0.6) is 0 Å². The molecule has 134 valence electrons. The number of esters is 1. The first-order chi connectivity index (χ1) is 10.4. The molecule has 1 rings (SSSR count). The maximum atomic E-state index is 12.2. The molecule has 6 nitrogen and oxygen atoms in total. The molecule has 10 heteroatoms. The van der Waals surface area contributed by atoms with Crippen LogP contribution in [0.1, 0.15) is 33.1 Å². The molecule has 1 atom stereocenters. The summed E-state index contributed by atoms with van der Waals surface area (Å²) < 4.78 is 72.7. The molecule has 1 unspecified atom stereocenters. The van der Waals surface area contributed by atoms with Gasteiger partial charge in [0.2, 0.25) is 0 Å². The van der Waals surface area contributed by atoms with Crippen molar-refractivity contribution in [1.82, 2.24) is 0 Å². The Labute approximate surface area is 132 Å². The van der Waals surface area contributed by atoms with Crippen LogP contribution >= 0.6 is 0 Å². The zero-order valence-electron chi connectivity index (χ0n) is 13.0. The van der Waals surface area contributed by atoms with Crippen molar-refractivity contribution in [1.29, 1.82) is 0 Å². The van der Waals surface area contributed by atoms with Gasteiger partial charge in [0, 0.05) is 6.42 Å². The highest BCUT2D eigenvalue weighted by Gasteiger charge is 2.49. The Hall–Kier alpha value is -1.29. The second-order valence-electron chi connectivity index (χ2n) is 5.74. The number of ether oxygens (including phenoxy) is 2. The topological polar surface area (TPSA) is 78.9 Å². The fraction of sp³-hybridized carbons (Fsp3) is 0.769. The molecular formula is C13H19F3O6S. The van der Waals surface area contributed by atoms with Crippen molar-refractivity contribution in [3.63, 3.8) is 0 Å². The molecule has 1 aliphatic carbocycles. The molecule has 0 aromatic carbocycles. The van der Waals surface area contributed by atoms with Crippen LogP contribution in [0.4, 0.5) is 13.2 Å². The molecule has 0 aromatic heterocycles. The minimum atomic E-state index is -5.64. The lowest BCUT2D eigenvalue weighted by Crippen LogP contribution is -2.33. The summed E-state index contributed by atoms with van der Waals surface area (Å²) in [6, 6.07) is 0. The molecule has 0 radical (unpaired) electrons. The van der Waals surface area contributed by atoms with Crippen LogP contribution in [-0.2, 0) is 28.6 Å². The average molecular weight is 360 g/mol. The van der Waals surface area contributed by atoms with Crippen LogP contribution in [0.15, 0.2) is 11.8 Å². The summed E-state index contributed by atoms with van der Waals surface area (Å²) in [6.45, 7) is 3.36. The summed E-state index contributed by atoms with van der Waals surface area (Å²) in [7, 11) is -4.37. The second kappa shape index (κ2) is 7.08. The minimum Gasteiger partial charge on any atom is -0.469 e. The van der Waals surface area contributed by atoms with Crippen LogP contribution in [0, 0.1) is 5.41 Å². The van der Waals surface area contributed by atoms with Gasteiger partial charge >= 0.3 is 21.6 Å². The van der Waals surface area contributed by atoms with E-state index in [9.17, 15) is 26.4 Å². The van der Waals surface area contributed by atoms with Crippen LogP contribution in [0.2, 0.25) is 0 Å². The molecule has 0 bridgehead atoms. The molecular weight excluding hydrogens is 341 g/mol. The van der Waals surface area contributed by atoms with Crippen molar-refractivity contribution < 1.29 is 40.0 Å². The van der Waals surface area contributed by atoms with Gasteiger partial charge in [-0.15, -0.1) is 0 Å². The van der Waals surface area contributed by atoms with Gasteiger partial charge in [-0.25, -0.2) is 0 Å². The van der Waals surface area contributed by atoms with Gasteiger partial charge in [-0.05, 0) is 32.8 Å². The van der Waals surface area contributed by atoms with Gasteiger partial charge in [-0.2, -0.15) is 21.6 Å². The molecule has 0 amide bonds. The lowest BCUT2D eigenvalue weighted by atomic mass is 9.94. The summed E-state index contributed by atoms with van der Waals surface area (Å²) in [5, 5.41) is 0. The predicted molar refractivity (Wildman–Crippen MR) is 73.5 cm³/mol. The highest BCUT2D eigenvalue weighted by atomic mass is 32.2. The maximum Gasteiger partial charge on any atom is 0.534 e. The van der Waals surface area contributed by atoms with E-state index >= 15 is 0 Å². The van der Waals surface area contributed by atoms with E-state index in [-0.39, 0.29) is 37.7 Å². The molecule has 0 aromatic rings. The standard InChI is InChI=1S/C13H19F3O6S/c1-12(2,11(17)20-3)8-21-9-4-6-10(7-5-9)22-23(18,19)13(14,15)16/h6,9H,4-5,7-8H2,1-3H3. The first-order valence-electron chi connectivity index (χ1n) is 6.79. The molecule has 0 saturated heterocycles. The van der Waals surface area contributed by atoms with Gasteiger partial charge in [0.25, 0.3) is 0 Å². The third kappa shape index (κ3) is 5.38. The van der Waals surface area contributed by atoms with E-state index in [2.05, 4.69) is 8.92 Å². The number of allylic oxidation sites excluding steroid dienone is 1. The quantitative estimate of drug-likeness (QED) is 0.411. The number of hydrogen-bond donors (Lipinski definition) is 0. The summed E-state index contributed by atoms with van der Waals surface area (Å²) in [5.74, 6) is -0.696. The second-order valence-corrected chi connectivity index (χ2v) is 7.27. The van der Waals surface area contributed by atoms with E-state index in [1.807, 2.05) is 0 Å². The SMILES string of the molecule is COC(=O)C(C)(C)COC1CC=C(OS(=O)(=O)C(F)(F)F)CC1. The molecule has 0 heterocycles. The molecule has 0 saturated carbocycles. The first kappa shape index (κ1) is 19.8. The molecule has 23 heavy (non-hydrogen) atoms. The van der Waals surface area contributed by atoms with Crippen LogP contribution < -0.4 is 0 Å². The smallest absolute Gasteiger partial charge is 0.469 e. The maximum absolute atomic E-state index is 12.2. The Morgan fingerprint density at radius 3 is 2.39 bits per heavy atom. The van der Waals surface area contributed by atoms with E-state index in [0.717, 1.165) is 0 Å². The molecule has 0 N–H and O–H groups in total. The Kier molecular flexibility index (Phi) is 6.08. The number of halogens is 3. The fourth-order valence-corrected chi connectivity index (χ4v) is 2.39. The van der Waals surface area contributed by atoms with E-state index in [4.69, 9.17) is 4.74 Å². The predicted octanol–water partition coefficient (Wildman–Crippen LogP) is 2.50. The fourth-order valence-electron chi connectivity index (χ4n) is 1.86. The van der Waals surface area contributed by atoms with Gasteiger partial charge in [-0.1, -0.05) is 0 Å².